The molecule has 0 fully saturated rings. The van der Waals surface area contributed by atoms with Crippen molar-refractivity contribution in [2.75, 3.05) is 17.7 Å². The van der Waals surface area contributed by atoms with Crippen LogP contribution in [0, 0.1) is 0 Å². The third-order valence-electron chi connectivity index (χ3n) is 3.89. The van der Waals surface area contributed by atoms with Crippen LogP contribution in [-0.2, 0) is 9.84 Å². The number of sulfone groups is 1. The lowest BCUT2D eigenvalue weighted by Gasteiger charge is -2.27. The monoisotopic (exact) mass is 317 g/mol. The van der Waals surface area contributed by atoms with E-state index in [0.29, 0.717) is 11.5 Å². The Bertz CT molecular complexity index is 754. The van der Waals surface area contributed by atoms with Gasteiger partial charge in [-0.25, -0.2) is 8.42 Å². The number of nitrogens with one attached hydrogen (secondary N) is 1. The molecule has 1 N–H and O–H groups in total. The molecule has 2 aromatic carbocycles. The maximum atomic E-state index is 11.8. The summed E-state index contributed by atoms with van der Waals surface area (Å²) in [6.07, 6.45) is 0.881. The molecule has 2 aromatic rings. The smallest absolute Gasteiger partial charge is 0.178 e. The van der Waals surface area contributed by atoms with Gasteiger partial charge in [-0.2, -0.15) is 0 Å². The highest BCUT2D eigenvalue weighted by molar-refractivity contribution is 7.91. The van der Waals surface area contributed by atoms with Crippen LogP contribution in [0.3, 0.4) is 0 Å². The van der Waals surface area contributed by atoms with E-state index in [1.807, 2.05) is 30.3 Å². The van der Waals surface area contributed by atoms with Gasteiger partial charge in [-0.3, -0.25) is 0 Å². The molecule has 0 spiro atoms. The second-order valence-electron chi connectivity index (χ2n) is 5.30. The molecule has 0 aromatic heterocycles. The first-order valence-corrected chi connectivity index (χ1v) is 9.06. The number of rotatable bonds is 4. The molecule has 4 nitrogen and oxygen atoms in total. The molecule has 5 heteroatoms. The zero-order valence-electron chi connectivity index (χ0n) is 12.5. The Kier molecular flexibility index (Phi) is 4.07. The Morgan fingerprint density at radius 1 is 1.14 bits per heavy atom. The van der Waals surface area contributed by atoms with Crippen molar-refractivity contribution in [1.82, 2.24) is 0 Å². The lowest BCUT2D eigenvalue weighted by atomic mass is 10.0. The van der Waals surface area contributed by atoms with Gasteiger partial charge >= 0.3 is 0 Å². The number of fused-ring (bicyclic) bond motifs is 1. The van der Waals surface area contributed by atoms with Crippen molar-refractivity contribution < 1.29 is 13.2 Å². The second-order valence-corrected chi connectivity index (χ2v) is 7.58. The molecule has 0 saturated carbocycles. The zero-order chi connectivity index (χ0) is 15.6. The quantitative estimate of drug-likeness (QED) is 0.939. The van der Waals surface area contributed by atoms with Crippen molar-refractivity contribution in [1.29, 1.82) is 0 Å². The Morgan fingerprint density at radius 3 is 2.59 bits per heavy atom. The highest BCUT2D eigenvalue weighted by Gasteiger charge is 2.21. The molecule has 1 aliphatic heterocycles. The fourth-order valence-electron chi connectivity index (χ4n) is 2.62. The van der Waals surface area contributed by atoms with Crippen LogP contribution in [-0.4, -0.2) is 20.8 Å². The van der Waals surface area contributed by atoms with E-state index in [-0.39, 0.29) is 11.8 Å². The Labute approximate surface area is 131 Å². The first-order valence-electron chi connectivity index (χ1n) is 7.41. The van der Waals surface area contributed by atoms with Gasteiger partial charge in [0.15, 0.2) is 9.84 Å². The molecule has 0 aliphatic carbocycles. The standard InChI is InChI=1S/C17H19NO3S/c1-2-22(19,20)14-9-7-13(8-10-14)18-16-11-12-21-17-6-4-3-5-15(16)17/h3-10,16,18H,2,11-12H2,1H3/t16-/m1/s1. The van der Waals surface area contributed by atoms with E-state index >= 15 is 0 Å². The summed E-state index contributed by atoms with van der Waals surface area (Å²) < 4.78 is 29.3. The molecule has 1 heterocycles. The van der Waals surface area contributed by atoms with Crippen LogP contribution in [0.25, 0.3) is 0 Å². The predicted octanol–water partition coefficient (Wildman–Crippen LogP) is 3.42. The van der Waals surface area contributed by atoms with E-state index < -0.39 is 9.84 Å². The van der Waals surface area contributed by atoms with Crippen LogP contribution in [0.4, 0.5) is 5.69 Å². The minimum atomic E-state index is -3.14. The molecular formula is C17H19NO3S. The van der Waals surface area contributed by atoms with E-state index in [2.05, 4.69) is 11.4 Å². The summed E-state index contributed by atoms with van der Waals surface area (Å²) in [6, 6.07) is 15.1. The van der Waals surface area contributed by atoms with Crippen molar-refractivity contribution in [2.24, 2.45) is 0 Å². The van der Waals surface area contributed by atoms with E-state index in [0.717, 1.165) is 23.4 Å². The average molecular weight is 317 g/mol. The van der Waals surface area contributed by atoms with Gasteiger partial charge in [0.2, 0.25) is 0 Å². The van der Waals surface area contributed by atoms with Crippen molar-refractivity contribution >= 4 is 15.5 Å². The van der Waals surface area contributed by atoms with Gasteiger partial charge in [0, 0.05) is 17.7 Å². The largest absolute Gasteiger partial charge is 0.493 e. The van der Waals surface area contributed by atoms with Gasteiger partial charge in [-0.15, -0.1) is 0 Å². The van der Waals surface area contributed by atoms with Gasteiger partial charge in [0.25, 0.3) is 0 Å². The first kappa shape index (κ1) is 14.9. The minimum Gasteiger partial charge on any atom is -0.493 e. The van der Waals surface area contributed by atoms with Gasteiger partial charge in [-0.1, -0.05) is 25.1 Å². The molecule has 0 saturated heterocycles. The third-order valence-corrected chi connectivity index (χ3v) is 5.64. The van der Waals surface area contributed by atoms with Gasteiger partial charge < -0.3 is 10.1 Å². The maximum absolute atomic E-state index is 11.8. The van der Waals surface area contributed by atoms with E-state index in [4.69, 9.17) is 4.74 Å². The van der Waals surface area contributed by atoms with Crippen molar-refractivity contribution in [2.45, 2.75) is 24.3 Å². The molecule has 0 amide bonds. The Balaban J connectivity index is 1.80. The summed E-state index contributed by atoms with van der Waals surface area (Å²) in [5, 5.41) is 3.46. The maximum Gasteiger partial charge on any atom is 0.178 e. The third kappa shape index (κ3) is 2.95. The summed E-state index contributed by atoms with van der Waals surface area (Å²) >= 11 is 0. The van der Waals surface area contributed by atoms with E-state index in [1.54, 1.807) is 19.1 Å². The summed E-state index contributed by atoms with van der Waals surface area (Å²) in [4.78, 5) is 0.368. The summed E-state index contributed by atoms with van der Waals surface area (Å²) in [5.74, 6) is 1.03. The fraction of sp³-hybridized carbons (Fsp3) is 0.294. The molecular weight excluding hydrogens is 298 g/mol. The first-order chi connectivity index (χ1) is 10.6. The number of hydrogen-bond donors (Lipinski definition) is 1. The van der Waals surface area contributed by atoms with E-state index in [9.17, 15) is 8.42 Å². The lowest BCUT2D eigenvalue weighted by molar-refractivity contribution is 0.274. The molecule has 1 aliphatic rings. The summed E-state index contributed by atoms with van der Waals surface area (Å²) in [5.41, 5.74) is 2.05. The molecule has 1 atom stereocenters. The molecule has 22 heavy (non-hydrogen) atoms. The fourth-order valence-corrected chi connectivity index (χ4v) is 3.50. The van der Waals surface area contributed by atoms with Crippen molar-refractivity contribution in [3.8, 4) is 5.75 Å². The van der Waals surface area contributed by atoms with Crippen molar-refractivity contribution in [3.63, 3.8) is 0 Å². The zero-order valence-corrected chi connectivity index (χ0v) is 13.3. The number of ether oxygens (including phenoxy) is 1. The van der Waals surface area contributed by atoms with Gasteiger partial charge in [0.1, 0.15) is 5.75 Å². The van der Waals surface area contributed by atoms with E-state index in [1.165, 1.54) is 0 Å². The van der Waals surface area contributed by atoms with Crippen molar-refractivity contribution in [3.05, 3.63) is 54.1 Å². The van der Waals surface area contributed by atoms with Gasteiger partial charge in [-0.05, 0) is 30.3 Å². The second kappa shape index (κ2) is 6.01. The summed E-state index contributed by atoms with van der Waals surface area (Å²) in [7, 11) is -3.14. The number of hydrogen-bond acceptors (Lipinski definition) is 4. The highest BCUT2D eigenvalue weighted by atomic mass is 32.2. The van der Waals surface area contributed by atoms with Gasteiger partial charge in [0.05, 0.1) is 23.3 Å². The number of anilines is 1. The molecule has 0 radical (unpaired) electrons. The summed E-state index contributed by atoms with van der Waals surface area (Å²) in [6.45, 7) is 2.33. The lowest BCUT2D eigenvalue weighted by Crippen LogP contribution is -2.20. The SMILES string of the molecule is CCS(=O)(=O)c1ccc(N[C@@H]2CCOc3ccccc32)cc1. The predicted molar refractivity (Wildman–Crippen MR) is 87.1 cm³/mol. The van der Waals surface area contributed by atoms with Crippen LogP contribution in [0.15, 0.2) is 53.4 Å². The van der Waals surface area contributed by atoms with Crippen LogP contribution in [0.2, 0.25) is 0 Å². The van der Waals surface area contributed by atoms with Crippen LogP contribution in [0.1, 0.15) is 24.9 Å². The molecule has 0 bridgehead atoms. The van der Waals surface area contributed by atoms with Crippen LogP contribution < -0.4 is 10.1 Å². The Hall–Kier alpha value is -2.01. The minimum absolute atomic E-state index is 0.118. The average Bonchev–Trinajstić information content (AvgIpc) is 2.56. The van der Waals surface area contributed by atoms with Crippen LogP contribution in [0.5, 0.6) is 5.75 Å². The number of para-hydroxylation sites is 1. The highest BCUT2D eigenvalue weighted by Crippen LogP contribution is 2.34. The number of benzene rings is 2. The normalized spacial score (nSPS) is 17.4. The Morgan fingerprint density at radius 2 is 1.86 bits per heavy atom. The molecule has 3 rings (SSSR count). The molecule has 116 valence electrons. The molecule has 0 unspecified atom stereocenters. The topological polar surface area (TPSA) is 55.4 Å². The van der Waals surface area contributed by atoms with Crippen LogP contribution >= 0.6 is 0 Å².